The SMILES string of the molecule is COC(=O)c1cccc2c1NC(=O)C(CN1CCC3(CCc4ccccc43)CC1)C2. The van der Waals surface area contributed by atoms with Gasteiger partial charge in [0.05, 0.1) is 24.3 Å². The van der Waals surface area contributed by atoms with Crippen LogP contribution in [0, 0.1) is 5.92 Å². The first-order valence-corrected chi connectivity index (χ1v) is 10.9. The van der Waals surface area contributed by atoms with E-state index in [1.807, 2.05) is 12.1 Å². The predicted octanol–water partition coefficient (Wildman–Crippen LogP) is 3.56. The monoisotopic (exact) mass is 404 g/mol. The van der Waals surface area contributed by atoms with Gasteiger partial charge in [-0.05, 0) is 73.4 Å². The van der Waals surface area contributed by atoms with Gasteiger partial charge in [0.25, 0.3) is 0 Å². The molecule has 5 rings (SSSR count). The lowest BCUT2D eigenvalue weighted by molar-refractivity contribution is -0.121. The molecule has 2 heterocycles. The topological polar surface area (TPSA) is 58.6 Å². The maximum Gasteiger partial charge on any atom is 0.339 e. The summed E-state index contributed by atoms with van der Waals surface area (Å²) in [6.07, 6.45) is 5.45. The highest BCUT2D eigenvalue weighted by molar-refractivity contribution is 6.04. The summed E-state index contributed by atoms with van der Waals surface area (Å²) in [6, 6.07) is 14.5. The van der Waals surface area contributed by atoms with E-state index in [4.69, 9.17) is 4.74 Å². The molecule has 156 valence electrons. The Kier molecular flexibility index (Phi) is 4.86. The van der Waals surface area contributed by atoms with E-state index in [0.717, 1.165) is 25.2 Å². The molecule has 0 bridgehead atoms. The number of carbonyl (C=O) groups excluding carboxylic acids is 2. The Morgan fingerprint density at radius 2 is 1.87 bits per heavy atom. The fourth-order valence-corrected chi connectivity index (χ4v) is 5.69. The molecular weight excluding hydrogens is 376 g/mol. The first-order valence-electron chi connectivity index (χ1n) is 10.9. The highest BCUT2D eigenvalue weighted by Gasteiger charge is 2.41. The Balaban J connectivity index is 1.26. The number of methoxy groups -OCH3 is 1. The minimum atomic E-state index is -0.413. The van der Waals surface area contributed by atoms with Gasteiger partial charge in [-0.1, -0.05) is 36.4 Å². The van der Waals surface area contributed by atoms with Crippen LogP contribution in [0.2, 0.25) is 0 Å². The number of benzene rings is 2. The Morgan fingerprint density at radius 3 is 2.67 bits per heavy atom. The number of para-hydroxylation sites is 1. The van der Waals surface area contributed by atoms with Crippen molar-refractivity contribution in [2.45, 2.75) is 37.5 Å². The van der Waals surface area contributed by atoms with Crippen LogP contribution in [-0.2, 0) is 27.8 Å². The average molecular weight is 405 g/mol. The molecule has 5 heteroatoms. The summed E-state index contributed by atoms with van der Waals surface area (Å²) in [5.74, 6) is -0.496. The van der Waals surface area contributed by atoms with Gasteiger partial charge in [-0.2, -0.15) is 0 Å². The lowest BCUT2D eigenvalue weighted by Gasteiger charge is -2.41. The van der Waals surface area contributed by atoms with Gasteiger partial charge in [0, 0.05) is 6.54 Å². The molecule has 2 aromatic carbocycles. The second-order valence-electron chi connectivity index (χ2n) is 8.96. The standard InChI is InChI=1S/C25H28N2O3/c1-30-24(29)20-7-4-6-18-15-19(23(28)26-22(18)20)16-27-13-11-25(12-14-27)10-9-17-5-2-3-8-21(17)25/h2-8,19H,9-16H2,1H3,(H,26,28). The van der Waals surface area contributed by atoms with E-state index in [1.165, 1.54) is 38.4 Å². The van der Waals surface area contributed by atoms with Crippen molar-refractivity contribution in [2.24, 2.45) is 5.92 Å². The van der Waals surface area contributed by atoms with Gasteiger partial charge in [0.15, 0.2) is 0 Å². The minimum Gasteiger partial charge on any atom is -0.465 e. The largest absolute Gasteiger partial charge is 0.465 e. The molecule has 2 aliphatic heterocycles. The Labute approximate surface area is 177 Å². The first-order chi connectivity index (χ1) is 14.6. The van der Waals surface area contributed by atoms with Crippen LogP contribution in [0.5, 0.6) is 0 Å². The second kappa shape index (κ2) is 7.55. The molecule has 1 atom stereocenters. The van der Waals surface area contributed by atoms with Crippen LogP contribution in [0.15, 0.2) is 42.5 Å². The van der Waals surface area contributed by atoms with E-state index in [2.05, 4.69) is 34.5 Å². The fraction of sp³-hybridized carbons (Fsp3) is 0.440. The zero-order valence-electron chi connectivity index (χ0n) is 17.4. The van der Waals surface area contributed by atoms with Gasteiger partial charge in [0.1, 0.15) is 0 Å². The van der Waals surface area contributed by atoms with Gasteiger partial charge >= 0.3 is 5.97 Å². The zero-order chi connectivity index (χ0) is 20.7. The molecule has 1 fully saturated rings. The molecule has 1 unspecified atom stereocenters. The number of likely N-dealkylation sites (tertiary alicyclic amines) is 1. The summed E-state index contributed by atoms with van der Waals surface area (Å²) in [4.78, 5) is 27.3. The van der Waals surface area contributed by atoms with Crippen molar-refractivity contribution in [1.82, 2.24) is 4.90 Å². The summed E-state index contributed by atoms with van der Waals surface area (Å²) in [7, 11) is 1.36. The number of esters is 1. The number of hydrogen-bond acceptors (Lipinski definition) is 4. The Morgan fingerprint density at radius 1 is 1.10 bits per heavy atom. The average Bonchev–Trinajstić information content (AvgIpc) is 3.13. The molecule has 3 aliphatic rings. The smallest absolute Gasteiger partial charge is 0.339 e. The van der Waals surface area contributed by atoms with Crippen LogP contribution < -0.4 is 5.32 Å². The molecule has 30 heavy (non-hydrogen) atoms. The molecule has 1 aliphatic carbocycles. The maximum absolute atomic E-state index is 12.8. The van der Waals surface area contributed by atoms with E-state index < -0.39 is 5.97 Å². The van der Waals surface area contributed by atoms with Gasteiger partial charge in [-0.3, -0.25) is 4.79 Å². The van der Waals surface area contributed by atoms with Crippen LogP contribution in [0.3, 0.4) is 0 Å². The normalized spacial score (nSPS) is 22.3. The summed E-state index contributed by atoms with van der Waals surface area (Å²) in [5, 5.41) is 2.98. The third-order valence-electron chi connectivity index (χ3n) is 7.39. The van der Waals surface area contributed by atoms with E-state index in [1.54, 1.807) is 11.6 Å². The predicted molar refractivity (Wildman–Crippen MR) is 116 cm³/mol. The van der Waals surface area contributed by atoms with E-state index in [-0.39, 0.29) is 11.8 Å². The van der Waals surface area contributed by atoms with Crippen LogP contribution in [0.4, 0.5) is 5.69 Å². The quantitative estimate of drug-likeness (QED) is 0.795. The highest BCUT2D eigenvalue weighted by atomic mass is 16.5. The van der Waals surface area contributed by atoms with Crippen molar-refractivity contribution in [3.8, 4) is 0 Å². The Bertz CT molecular complexity index is 992. The zero-order valence-corrected chi connectivity index (χ0v) is 17.4. The van der Waals surface area contributed by atoms with E-state index in [9.17, 15) is 9.59 Å². The number of anilines is 1. The van der Waals surface area contributed by atoms with Crippen molar-refractivity contribution in [3.05, 3.63) is 64.7 Å². The van der Waals surface area contributed by atoms with Crippen molar-refractivity contribution in [2.75, 3.05) is 32.1 Å². The summed E-state index contributed by atoms with van der Waals surface area (Å²) < 4.78 is 4.86. The number of rotatable bonds is 3. The molecule has 1 spiro atoms. The number of carbonyl (C=O) groups is 2. The number of hydrogen-bond donors (Lipinski definition) is 1. The molecule has 1 saturated heterocycles. The molecule has 1 amide bonds. The van der Waals surface area contributed by atoms with Gasteiger partial charge in [-0.15, -0.1) is 0 Å². The third-order valence-corrected chi connectivity index (χ3v) is 7.39. The van der Waals surface area contributed by atoms with Gasteiger partial charge in [-0.25, -0.2) is 4.79 Å². The molecule has 5 nitrogen and oxygen atoms in total. The molecule has 0 aromatic heterocycles. The lowest BCUT2D eigenvalue weighted by atomic mass is 9.73. The van der Waals surface area contributed by atoms with Crippen molar-refractivity contribution in [3.63, 3.8) is 0 Å². The van der Waals surface area contributed by atoms with Crippen LogP contribution >= 0.6 is 0 Å². The number of amides is 1. The number of nitrogens with one attached hydrogen (secondary N) is 1. The highest BCUT2D eigenvalue weighted by Crippen LogP contribution is 2.46. The van der Waals surface area contributed by atoms with E-state index in [0.29, 0.717) is 23.1 Å². The molecule has 0 saturated carbocycles. The first kappa shape index (κ1) is 19.3. The Hall–Kier alpha value is -2.66. The summed E-state index contributed by atoms with van der Waals surface area (Å²) in [6.45, 7) is 2.84. The van der Waals surface area contributed by atoms with Crippen molar-refractivity contribution in [1.29, 1.82) is 0 Å². The van der Waals surface area contributed by atoms with Crippen LogP contribution in [0.1, 0.15) is 46.3 Å². The third kappa shape index (κ3) is 3.21. The minimum absolute atomic E-state index is 0.00496. The second-order valence-corrected chi connectivity index (χ2v) is 8.96. The number of fused-ring (bicyclic) bond motifs is 3. The van der Waals surface area contributed by atoms with Crippen molar-refractivity contribution >= 4 is 17.6 Å². The number of nitrogens with zero attached hydrogens (tertiary/aromatic N) is 1. The summed E-state index contributed by atoms with van der Waals surface area (Å²) in [5.41, 5.74) is 5.48. The van der Waals surface area contributed by atoms with Gasteiger partial charge < -0.3 is 15.0 Å². The van der Waals surface area contributed by atoms with Crippen LogP contribution in [-0.4, -0.2) is 43.5 Å². The van der Waals surface area contributed by atoms with E-state index >= 15 is 0 Å². The number of aryl methyl sites for hydroxylation is 1. The van der Waals surface area contributed by atoms with Crippen LogP contribution in [0.25, 0.3) is 0 Å². The maximum atomic E-state index is 12.8. The number of piperidine rings is 1. The lowest BCUT2D eigenvalue weighted by Crippen LogP contribution is -2.46. The number of ether oxygens (including phenoxy) is 1. The molecular formula is C25H28N2O3. The molecule has 1 N–H and O–H groups in total. The van der Waals surface area contributed by atoms with Gasteiger partial charge in [0.2, 0.25) is 5.91 Å². The summed E-state index contributed by atoms with van der Waals surface area (Å²) >= 11 is 0. The molecule has 2 aromatic rings. The fourth-order valence-electron chi connectivity index (χ4n) is 5.69. The molecule has 0 radical (unpaired) electrons. The van der Waals surface area contributed by atoms with Crippen molar-refractivity contribution < 1.29 is 14.3 Å².